The van der Waals surface area contributed by atoms with E-state index in [0.29, 0.717) is 13.2 Å². The maximum absolute atomic E-state index is 13.0. The minimum absolute atomic E-state index is 0.0965. The van der Waals surface area contributed by atoms with Crippen LogP contribution in [-0.4, -0.2) is 30.8 Å². The van der Waals surface area contributed by atoms with Gasteiger partial charge in [0.15, 0.2) is 4.90 Å². The Morgan fingerprint density at radius 2 is 1.84 bits per heavy atom. The second-order valence-corrected chi connectivity index (χ2v) is 11.2. The van der Waals surface area contributed by atoms with Crippen LogP contribution in [0, 0.1) is 5.41 Å². The van der Waals surface area contributed by atoms with Crippen molar-refractivity contribution in [3.63, 3.8) is 0 Å². The zero-order valence-electron chi connectivity index (χ0n) is 17.1. The van der Waals surface area contributed by atoms with Crippen molar-refractivity contribution in [2.24, 2.45) is 5.41 Å². The van der Waals surface area contributed by atoms with Crippen LogP contribution in [0.5, 0.6) is 5.88 Å². The highest BCUT2D eigenvalue weighted by molar-refractivity contribution is 7.90. The molecule has 10 heteroatoms. The molecule has 1 aromatic carbocycles. The molecule has 0 radical (unpaired) electrons. The normalized spacial score (nSPS) is 20.0. The van der Waals surface area contributed by atoms with E-state index in [4.69, 9.17) is 4.74 Å². The van der Waals surface area contributed by atoms with Crippen LogP contribution in [0.2, 0.25) is 0 Å². The molecule has 0 saturated heterocycles. The molecule has 164 valence electrons. The monoisotopic (exact) mass is 460 g/mol. The Bertz CT molecular complexity index is 1180. The number of anilines is 1. The molecule has 1 aliphatic heterocycles. The topological polar surface area (TPSA) is 93.5 Å². The number of hydrogen-bond donors (Lipinski definition) is 2. The minimum atomic E-state index is -4.15. The van der Waals surface area contributed by atoms with Crippen LogP contribution in [0.3, 0.4) is 0 Å². The van der Waals surface area contributed by atoms with Crippen LogP contribution in [0.1, 0.15) is 47.9 Å². The van der Waals surface area contributed by atoms with Gasteiger partial charge in [0.25, 0.3) is 10.0 Å². The number of rotatable bonds is 3. The number of carbonyl (C=O) groups excluding carboxylic acids is 1. The van der Waals surface area contributed by atoms with E-state index >= 15 is 0 Å². The largest absolute Gasteiger partial charge is 0.476 e. The number of aryl methyl sites for hydroxylation is 2. The molecular formula is C21H24N4O4S2. The van der Waals surface area contributed by atoms with Gasteiger partial charge in [-0.05, 0) is 73.6 Å². The third-order valence-electron chi connectivity index (χ3n) is 7.07. The highest BCUT2D eigenvalue weighted by atomic mass is 32.2. The van der Waals surface area contributed by atoms with E-state index in [-0.39, 0.29) is 16.2 Å². The zero-order valence-corrected chi connectivity index (χ0v) is 18.8. The first-order valence-electron chi connectivity index (χ1n) is 10.8. The quantitative estimate of drug-likeness (QED) is 0.687. The summed E-state index contributed by atoms with van der Waals surface area (Å²) in [7, 11) is -4.15. The highest BCUT2D eigenvalue weighted by Crippen LogP contribution is 2.50. The minimum Gasteiger partial charge on any atom is -0.476 e. The van der Waals surface area contributed by atoms with E-state index in [9.17, 15) is 13.2 Å². The molecule has 2 heterocycles. The highest BCUT2D eigenvalue weighted by Gasteiger charge is 2.48. The van der Waals surface area contributed by atoms with E-state index in [1.54, 1.807) is 4.68 Å². The number of ether oxygens (including phenoxy) is 1. The Balaban J connectivity index is 1.29. The standard InChI is InChI=1S/C21H24N4O4S2/c26-20(25(30)18-15-5-1-3-13(15)9-14-4-2-6-16(14)18)23-31(27,28)17-10-22-24-11-21(7-8-21)12-29-19(17)24/h9-10,30H,1-8,11-12H2,(H,23,26). The van der Waals surface area contributed by atoms with E-state index in [1.165, 1.54) is 21.6 Å². The second-order valence-electron chi connectivity index (χ2n) is 9.19. The Morgan fingerprint density at radius 1 is 1.16 bits per heavy atom. The molecule has 0 bridgehead atoms. The Hall–Kier alpha value is -2.20. The summed E-state index contributed by atoms with van der Waals surface area (Å²) in [4.78, 5) is 12.9. The molecule has 6 rings (SSSR count). The molecule has 31 heavy (non-hydrogen) atoms. The van der Waals surface area contributed by atoms with E-state index in [2.05, 4.69) is 28.7 Å². The van der Waals surface area contributed by atoms with Crippen LogP contribution in [0.25, 0.3) is 0 Å². The molecule has 0 atom stereocenters. The molecule has 1 N–H and O–H groups in total. The van der Waals surface area contributed by atoms with Crippen LogP contribution in [-0.2, 0) is 42.3 Å². The van der Waals surface area contributed by atoms with Gasteiger partial charge in [-0.3, -0.25) is 0 Å². The van der Waals surface area contributed by atoms with Crippen LogP contribution < -0.4 is 13.8 Å². The molecule has 1 saturated carbocycles. The summed E-state index contributed by atoms with van der Waals surface area (Å²) >= 11 is 4.46. The summed E-state index contributed by atoms with van der Waals surface area (Å²) in [5, 5.41) is 4.19. The van der Waals surface area contributed by atoms with Crippen molar-refractivity contribution in [2.75, 3.05) is 10.9 Å². The van der Waals surface area contributed by atoms with Gasteiger partial charge >= 0.3 is 6.03 Å². The maximum Gasteiger partial charge on any atom is 0.345 e. The maximum atomic E-state index is 13.0. The number of aromatic nitrogens is 2. The van der Waals surface area contributed by atoms with Crippen LogP contribution in [0.4, 0.5) is 10.5 Å². The van der Waals surface area contributed by atoms with Crippen molar-refractivity contribution < 1.29 is 17.9 Å². The fourth-order valence-corrected chi connectivity index (χ4v) is 6.59. The Kier molecular flexibility index (Phi) is 4.18. The summed E-state index contributed by atoms with van der Waals surface area (Å²) in [5.74, 6) is 0.199. The summed E-state index contributed by atoms with van der Waals surface area (Å²) in [5.41, 5.74) is 5.59. The van der Waals surface area contributed by atoms with Gasteiger partial charge < -0.3 is 4.74 Å². The number of amides is 2. The number of thiol groups is 1. The summed E-state index contributed by atoms with van der Waals surface area (Å²) < 4.78 is 36.7. The van der Waals surface area contributed by atoms with Gasteiger partial charge in [0.1, 0.15) is 0 Å². The number of hydrogen-bond acceptors (Lipinski definition) is 6. The summed E-state index contributed by atoms with van der Waals surface area (Å²) in [6.45, 7) is 1.13. The lowest BCUT2D eigenvalue weighted by atomic mass is 9.99. The number of nitrogens with one attached hydrogen (secondary N) is 1. The fraction of sp³-hybridized carbons (Fsp3) is 0.524. The number of nitrogens with zero attached hydrogens (tertiary/aromatic N) is 3. The molecule has 8 nitrogen and oxygen atoms in total. The molecular weight excluding hydrogens is 436 g/mol. The lowest BCUT2D eigenvalue weighted by Gasteiger charge is -2.25. The van der Waals surface area contributed by atoms with Crippen LogP contribution >= 0.6 is 12.8 Å². The van der Waals surface area contributed by atoms with Crippen LogP contribution in [0.15, 0.2) is 17.2 Å². The average Bonchev–Trinajstić information content (AvgIpc) is 3.14. The van der Waals surface area contributed by atoms with Crippen molar-refractivity contribution in [1.82, 2.24) is 14.5 Å². The number of urea groups is 1. The third kappa shape index (κ3) is 3.06. The van der Waals surface area contributed by atoms with Crippen molar-refractivity contribution in [3.05, 3.63) is 34.5 Å². The zero-order chi connectivity index (χ0) is 21.4. The average molecular weight is 461 g/mol. The SMILES string of the molecule is O=C(NS(=O)(=O)c1cnn2c1OCC1(CC1)C2)N(S)c1c2c(cc3c1CCC3)CCC2. The van der Waals surface area contributed by atoms with Gasteiger partial charge in [0.05, 0.1) is 25.0 Å². The molecule has 4 aliphatic rings. The molecule has 1 aromatic heterocycles. The summed E-state index contributed by atoms with van der Waals surface area (Å²) in [6.07, 6.45) is 9.17. The van der Waals surface area contributed by atoms with E-state index in [0.717, 1.165) is 68.2 Å². The van der Waals surface area contributed by atoms with Gasteiger partial charge in [-0.25, -0.2) is 26.9 Å². The van der Waals surface area contributed by atoms with Crippen molar-refractivity contribution in [1.29, 1.82) is 0 Å². The lowest BCUT2D eigenvalue weighted by Crippen LogP contribution is -2.39. The van der Waals surface area contributed by atoms with Crippen molar-refractivity contribution >= 4 is 34.6 Å². The Labute approximate surface area is 186 Å². The first-order chi connectivity index (χ1) is 14.9. The molecule has 1 fully saturated rings. The number of carbonyl (C=O) groups is 1. The first kappa shape index (κ1) is 19.5. The van der Waals surface area contributed by atoms with Gasteiger partial charge in [0, 0.05) is 5.41 Å². The molecule has 3 aliphatic carbocycles. The third-order valence-corrected chi connectivity index (χ3v) is 8.76. The van der Waals surface area contributed by atoms with Gasteiger partial charge in [-0.2, -0.15) is 5.10 Å². The number of fused-ring (bicyclic) bond motifs is 3. The predicted octanol–water partition coefficient (Wildman–Crippen LogP) is 2.78. The summed E-state index contributed by atoms with van der Waals surface area (Å²) in [6, 6.07) is 1.47. The number of sulfonamides is 1. The molecule has 2 aromatic rings. The smallest absolute Gasteiger partial charge is 0.345 e. The van der Waals surface area contributed by atoms with E-state index < -0.39 is 16.1 Å². The second kappa shape index (κ2) is 6.65. The predicted molar refractivity (Wildman–Crippen MR) is 117 cm³/mol. The fourth-order valence-electron chi connectivity index (χ4n) is 5.22. The van der Waals surface area contributed by atoms with Gasteiger partial charge in [-0.1, -0.05) is 18.9 Å². The number of benzene rings is 1. The lowest BCUT2D eigenvalue weighted by molar-refractivity contribution is 0.144. The van der Waals surface area contributed by atoms with Crippen molar-refractivity contribution in [3.8, 4) is 5.88 Å². The molecule has 2 amide bonds. The van der Waals surface area contributed by atoms with Gasteiger partial charge in [0.2, 0.25) is 5.88 Å². The Morgan fingerprint density at radius 3 is 2.48 bits per heavy atom. The van der Waals surface area contributed by atoms with Crippen molar-refractivity contribution in [2.45, 2.75) is 62.8 Å². The van der Waals surface area contributed by atoms with E-state index in [1.807, 2.05) is 0 Å². The van der Waals surface area contributed by atoms with Gasteiger partial charge in [-0.15, -0.1) is 0 Å². The molecule has 0 unspecified atom stereocenters. The first-order valence-corrected chi connectivity index (χ1v) is 12.7. The molecule has 1 spiro atoms.